The molecule has 4 heterocycles. The zero-order valence-corrected chi connectivity index (χ0v) is 15.2. The molecular weight excluding hydrogens is 350 g/mol. The number of hydrogen-bond acceptors (Lipinski definition) is 2. The van der Waals surface area contributed by atoms with E-state index in [1.54, 1.807) is 10.6 Å². The van der Waals surface area contributed by atoms with Crippen molar-refractivity contribution in [1.82, 2.24) is 14.1 Å². The molecule has 0 saturated carbocycles. The number of aromatic amines is 1. The average Bonchev–Trinajstić information content (AvgIpc) is 3.37. The highest BCUT2D eigenvalue weighted by Gasteiger charge is 2.23. The first-order chi connectivity index (χ1) is 13.7. The molecule has 6 rings (SSSR count). The fourth-order valence-electron chi connectivity index (χ4n) is 4.63. The van der Waals surface area contributed by atoms with Gasteiger partial charge in [0, 0.05) is 52.4 Å². The standard InChI is InChI=1S/C23H19N3O2/c27-21-11-17(18-12-24-19-9-2-1-7-15(18)19)23(28)26(21)20-13-25-10-4-6-14-5-3-8-16(20)22(14)25/h1-3,5,7-9,11-13,24,27-28H,4,6,10H2. The van der Waals surface area contributed by atoms with E-state index in [2.05, 4.69) is 27.8 Å². The van der Waals surface area contributed by atoms with E-state index >= 15 is 0 Å². The summed E-state index contributed by atoms with van der Waals surface area (Å²) in [7, 11) is 0. The van der Waals surface area contributed by atoms with E-state index in [1.165, 1.54) is 11.1 Å². The molecule has 5 nitrogen and oxygen atoms in total. The van der Waals surface area contributed by atoms with Crippen molar-refractivity contribution < 1.29 is 10.2 Å². The minimum Gasteiger partial charge on any atom is -0.494 e. The van der Waals surface area contributed by atoms with Crippen molar-refractivity contribution in [3.8, 4) is 28.6 Å². The molecule has 5 heteroatoms. The van der Waals surface area contributed by atoms with Gasteiger partial charge in [-0.3, -0.25) is 0 Å². The molecule has 0 amide bonds. The molecule has 0 atom stereocenters. The second-order valence-corrected chi connectivity index (χ2v) is 7.45. The average molecular weight is 369 g/mol. The quantitative estimate of drug-likeness (QED) is 0.413. The highest BCUT2D eigenvalue weighted by Crippen LogP contribution is 2.43. The Morgan fingerprint density at radius 2 is 1.79 bits per heavy atom. The highest BCUT2D eigenvalue weighted by atomic mass is 16.3. The molecule has 28 heavy (non-hydrogen) atoms. The molecule has 0 aliphatic carbocycles. The second kappa shape index (κ2) is 5.45. The second-order valence-electron chi connectivity index (χ2n) is 7.45. The Kier molecular flexibility index (Phi) is 3.01. The van der Waals surface area contributed by atoms with E-state index in [1.807, 2.05) is 36.7 Å². The summed E-state index contributed by atoms with van der Waals surface area (Å²) in [4.78, 5) is 3.23. The van der Waals surface area contributed by atoms with Crippen molar-refractivity contribution in [1.29, 1.82) is 0 Å². The van der Waals surface area contributed by atoms with Crippen LogP contribution in [0.15, 0.2) is 60.9 Å². The van der Waals surface area contributed by atoms with Crippen LogP contribution in [-0.2, 0) is 13.0 Å². The third-order valence-corrected chi connectivity index (χ3v) is 5.88. The van der Waals surface area contributed by atoms with Crippen LogP contribution in [0.4, 0.5) is 0 Å². The summed E-state index contributed by atoms with van der Waals surface area (Å²) in [6, 6.07) is 15.9. The topological polar surface area (TPSA) is 66.1 Å². The van der Waals surface area contributed by atoms with Gasteiger partial charge in [-0.25, -0.2) is 4.57 Å². The number of aryl methyl sites for hydroxylation is 2. The molecule has 5 aromatic rings. The van der Waals surface area contributed by atoms with Gasteiger partial charge >= 0.3 is 0 Å². The Hall–Kier alpha value is -3.60. The number of hydrogen-bond donors (Lipinski definition) is 3. The summed E-state index contributed by atoms with van der Waals surface area (Å²) < 4.78 is 3.78. The molecule has 3 N–H and O–H groups in total. The van der Waals surface area contributed by atoms with Crippen molar-refractivity contribution in [2.45, 2.75) is 19.4 Å². The Bertz CT molecular complexity index is 1370. The van der Waals surface area contributed by atoms with Crippen molar-refractivity contribution in [3.05, 3.63) is 66.5 Å². The summed E-state index contributed by atoms with van der Waals surface area (Å²) in [6.45, 7) is 0.950. The number of nitrogens with zero attached hydrogens (tertiary/aromatic N) is 2. The lowest BCUT2D eigenvalue weighted by Gasteiger charge is -2.14. The van der Waals surface area contributed by atoms with Crippen LogP contribution in [0.25, 0.3) is 38.6 Å². The van der Waals surface area contributed by atoms with Crippen molar-refractivity contribution in [2.75, 3.05) is 0 Å². The predicted molar refractivity (Wildman–Crippen MR) is 110 cm³/mol. The van der Waals surface area contributed by atoms with E-state index in [0.717, 1.165) is 46.9 Å². The summed E-state index contributed by atoms with van der Waals surface area (Å²) in [5, 5.41) is 23.9. The summed E-state index contributed by atoms with van der Waals surface area (Å²) in [5.74, 6) is 0.0763. The number of H-pyrrole nitrogens is 1. The number of fused-ring (bicyclic) bond motifs is 1. The van der Waals surface area contributed by atoms with Crippen LogP contribution in [0, 0.1) is 0 Å². The first-order valence-corrected chi connectivity index (χ1v) is 9.53. The van der Waals surface area contributed by atoms with Gasteiger partial charge in [0.15, 0.2) is 5.88 Å². The molecule has 138 valence electrons. The molecule has 0 saturated heterocycles. The Labute approximate surface area is 161 Å². The van der Waals surface area contributed by atoms with Gasteiger partial charge in [-0.2, -0.15) is 0 Å². The minimum atomic E-state index is 0.0291. The predicted octanol–water partition coefficient (Wildman–Crippen LogP) is 4.94. The maximum absolute atomic E-state index is 11.1. The molecule has 0 radical (unpaired) electrons. The summed E-state index contributed by atoms with van der Waals surface area (Å²) in [6.07, 6.45) is 6.07. The maximum Gasteiger partial charge on any atom is 0.206 e. The van der Waals surface area contributed by atoms with E-state index in [0.29, 0.717) is 5.56 Å². The van der Waals surface area contributed by atoms with Crippen LogP contribution in [-0.4, -0.2) is 24.3 Å². The van der Waals surface area contributed by atoms with E-state index in [9.17, 15) is 10.2 Å². The Balaban J connectivity index is 1.61. The summed E-state index contributed by atoms with van der Waals surface area (Å²) in [5.41, 5.74) is 5.80. The normalized spacial score (nSPS) is 13.6. The molecule has 0 bridgehead atoms. The van der Waals surface area contributed by atoms with E-state index in [4.69, 9.17) is 0 Å². The Morgan fingerprint density at radius 3 is 2.71 bits per heavy atom. The monoisotopic (exact) mass is 369 g/mol. The first-order valence-electron chi connectivity index (χ1n) is 9.53. The van der Waals surface area contributed by atoms with Gasteiger partial charge in [0.2, 0.25) is 5.88 Å². The zero-order valence-electron chi connectivity index (χ0n) is 15.2. The molecule has 0 unspecified atom stereocenters. The number of para-hydroxylation sites is 2. The lowest BCUT2D eigenvalue weighted by atomic mass is 10.0. The van der Waals surface area contributed by atoms with E-state index in [-0.39, 0.29) is 11.8 Å². The van der Waals surface area contributed by atoms with E-state index < -0.39 is 0 Å². The molecule has 1 aliphatic rings. The summed E-state index contributed by atoms with van der Waals surface area (Å²) >= 11 is 0. The molecule has 0 fully saturated rings. The fourth-order valence-corrected chi connectivity index (χ4v) is 4.63. The largest absolute Gasteiger partial charge is 0.494 e. The van der Waals surface area contributed by atoms with Gasteiger partial charge in [0.1, 0.15) is 0 Å². The molecular formula is C23H19N3O2. The van der Waals surface area contributed by atoms with Crippen LogP contribution in [0.2, 0.25) is 0 Å². The number of rotatable bonds is 2. The SMILES string of the molecule is Oc1cc(-c2c[nH]c3ccccc23)c(O)n1-c1cn2c3c(cccc13)CCC2. The molecule has 1 aliphatic heterocycles. The van der Waals surface area contributed by atoms with Crippen molar-refractivity contribution in [3.63, 3.8) is 0 Å². The van der Waals surface area contributed by atoms with Crippen LogP contribution in [0.1, 0.15) is 12.0 Å². The number of nitrogens with one attached hydrogen (secondary N) is 1. The lowest BCUT2D eigenvalue weighted by molar-refractivity contribution is 0.403. The third-order valence-electron chi connectivity index (χ3n) is 5.88. The fraction of sp³-hybridized carbons (Fsp3) is 0.130. The third kappa shape index (κ3) is 1.96. The van der Waals surface area contributed by atoms with Gasteiger partial charge in [0.25, 0.3) is 0 Å². The zero-order chi connectivity index (χ0) is 18.8. The smallest absolute Gasteiger partial charge is 0.206 e. The van der Waals surface area contributed by atoms with Crippen LogP contribution in [0.3, 0.4) is 0 Å². The number of aromatic hydroxyl groups is 2. The molecule has 0 spiro atoms. The number of benzene rings is 2. The lowest BCUT2D eigenvalue weighted by Crippen LogP contribution is -2.05. The van der Waals surface area contributed by atoms with Crippen LogP contribution < -0.4 is 0 Å². The van der Waals surface area contributed by atoms with Crippen molar-refractivity contribution >= 4 is 21.8 Å². The van der Waals surface area contributed by atoms with Gasteiger partial charge < -0.3 is 19.8 Å². The maximum atomic E-state index is 11.1. The van der Waals surface area contributed by atoms with Crippen molar-refractivity contribution in [2.24, 2.45) is 0 Å². The van der Waals surface area contributed by atoms with Crippen LogP contribution >= 0.6 is 0 Å². The molecule has 2 aromatic carbocycles. The molecule has 3 aromatic heterocycles. The van der Waals surface area contributed by atoms with Gasteiger partial charge in [0.05, 0.1) is 11.2 Å². The minimum absolute atomic E-state index is 0.0291. The first kappa shape index (κ1) is 15.5. The van der Waals surface area contributed by atoms with Gasteiger partial charge in [-0.05, 0) is 24.5 Å². The number of aromatic nitrogens is 3. The van der Waals surface area contributed by atoms with Gasteiger partial charge in [-0.15, -0.1) is 0 Å². The Morgan fingerprint density at radius 1 is 0.929 bits per heavy atom. The van der Waals surface area contributed by atoms with Crippen LogP contribution in [0.5, 0.6) is 11.8 Å². The van der Waals surface area contributed by atoms with Gasteiger partial charge in [-0.1, -0.05) is 36.4 Å². The highest BCUT2D eigenvalue weighted by molar-refractivity contribution is 5.98.